The number of hydrogen-bond donors (Lipinski definition) is 9. The number of nitrogens with two attached hydrogens (primary N) is 3. The van der Waals surface area contributed by atoms with Crippen molar-refractivity contribution >= 4 is 103 Å². The molecule has 0 fully saturated rings. The number of ether oxygens (including phenoxy) is 3. The van der Waals surface area contributed by atoms with Gasteiger partial charge in [0.25, 0.3) is 0 Å². The van der Waals surface area contributed by atoms with Gasteiger partial charge in [0.2, 0.25) is 35.4 Å². The molecular weight excluding hydrogens is 1340 g/mol. The highest BCUT2D eigenvalue weighted by molar-refractivity contribution is 5.99. The number of rotatable bonds is 30. The summed E-state index contributed by atoms with van der Waals surface area (Å²) in [6.07, 6.45) is 6.13. The first-order valence-corrected chi connectivity index (χ1v) is 36.1. The third-order valence-corrected chi connectivity index (χ3v) is 17.8. The first kappa shape index (κ1) is 79.2. The predicted molar refractivity (Wildman–Crippen MR) is 411 cm³/mol. The average Bonchev–Trinajstić information content (AvgIpc) is 1.60. The van der Waals surface area contributed by atoms with Crippen LogP contribution in [0.4, 0.5) is 31.4 Å². The molecule has 3 aromatic heterocycles. The molecule has 12 N–H and O–H groups in total. The molecule has 106 heavy (non-hydrogen) atoms. The fourth-order valence-corrected chi connectivity index (χ4v) is 12.4. The summed E-state index contributed by atoms with van der Waals surface area (Å²) in [6, 6.07) is 42.0. The molecule has 0 aliphatic carbocycles. The monoisotopic (exact) mass is 1440 g/mol. The highest BCUT2D eigenvalue weighted by Gasteiger charge is 2.32. The van der Waals surface area contributed by atoms with Crippen LogP contribution in [0.5, 0.6) is 0 Å². The Kier molecular flexibility index (Phi) is 26.7. The topological polar surface area (TPSA) is 353 Å². The Labute approximate surface area is 618 Å². The number of nitrogens with zero attached hydrogens (tertiary/aromatic N) is 3. The lowest BCUT2D eigenvalue weighted by molar-refractivity contribution is -0.130. The molecule has 9 rings (SSSR count). The summed E-state index contributed by atoms with van der Waals surface area (Å²) in [5, 5.41) is 11.4. The van der Waals surface area contributed by atoms with E-state index in [0.717, 1.165) is 80.8 Å². The molecule has 0 spiro atoms. The molecule has 6 aromatic carbocycles. The van der Waals surface area contributed by atoms with E-state index in [0.29, 0.717) is 55.6 Å². The molecule has 24 heteroatoms. The molecule has 0 aliphatic heterocycles. The number of imide groups is 3. The van der Waals surface area contributed by atoms with Crippen molar-refractivity contribution in [3.8, 4) is 0 Å². The normalized spacial score (nSPS) is 12.7. The molecule has 0 radical (unpaired) electrons. The van der Waals surface area contributed by atoms with Crippen molar-refractivity contribution in [2.75, 3.05) is 35.6 Å². The number of benzene rings is 6. The Hall–Kier alpha value is -11.0. The van der Waals surface area contributed by atoms with Crippen LogP contribution in [0.25, 0.3) is 32.7 Å². The van der Waals surface area contributed by atoms with Gasteiger partial charge < -0.3 is 62.3 Å². The first-order valence-electron chi connectivity index (χ1n) is 36.1. The van der Waals surface area contributed by atoms with Crippen LogP contribution in [0.15, 0.2) is 164 Å². The van der Waals surface area contributed by atoms with Crippen molar-refractivity contribution in [2.45, 2.75) is 180 Å². The van der Waals surface area contributed by atoms with E-state index in [1.165, 1.54) is 0 Å². The summed E-state index contributed by atoms with van der Waals surface area (Å²) in [5.41, 5.74) is 25.7. The van der Waals surface area contributed by atoms with Crippen molar-refractivity contribution in [2.24, 2.45) is 17.2 Å². The molecule has 0 saturated heterocycles. The molecule has 0 unspecified atom stereocenters. The maximum Gasteiger partial charge on any atom is 0.417 e. The summed E-state index contributed by atoms with van der Waals surface area (Å²) in [7, 11) is 0. The quantitative estimate of drug-likeness (QED) is 0.0115. The van der Waals surface area contributed by atoms with Gasteiger partial charge in [-0.15, -0.1) is 0 Å². The minimum Gasteiger partial charge on any atom is -0.443 e. The summed E-state index contributed by atoms with van der Waals surface area (Å²) < 4.78 is 16.9. The second-order valence-corrected chi connectivity index (χ2v) is 29.8. The van der Waals surface area contributed by atoms with Crippen LogP contribution in [0, 0.1) is 0 Å². The van der Waals surface area contributed by atoms with E-state index in [-0.39, 0.29) is 58.2 Å². The zero-order valence-corrected chi connectivity index (χ0v) is 62.0. The zero-order chi connectivity index (χ0) is 76.5. The van der Waals surface area contributed by atoms with Crippen molar-refractivity contribution in [1.82, 2.24) is 29.7 Å². The lowest BCUT2D eigenvalue weighted by atomic mass is 9.85. The Morgan fingerprint density at radius 1 is 0.358 bits per heavy atom. The standard InChI is InChI=1S/C82H100N12O12/c1-80(2,3)104-77(101)92(70(95)46-55-49-86-67-28-13-10-22-61(55)67)43-19-16-25-64(83)74(98)89-58-37-31-52(32-38-58)73(53-33-39-59(40-34-53)90-75(99)65(84)26-17-20-44-93(78(102)105-81(4,5)6)71(96)47-56-50-87-68-29-14-11-23-62(56)68)54-35-41-60(42-36-54)91-76(100)66(85)27-18-21-45-94(79(103)106-82(7,8)9)72(97)48-57-51-88-69-30-15-12-24-63(57)69/h10-15,22-24,28-42,49-51,64-66,73,86-88H,16-21,25-27,43-48,83-85H2,1-9H3,(H,89,98)(H,90,99)(H,91,100)/t64-,65-,66-/m0/s1. The van der Waals surface area contributed by atoms with E-state index in [9.17, 15) is 43.2 Å². The van der Waals surface area contributed by atoms with E-state index in [1.54, 1.807) is 117 Å². The molecule has 560 valence electrons. The summed E-state index contributed by atoms with van der Waals surface area (Å²) in [5.74, 6) is -2.96. The van der Waals surface area contributed by atoms with Gasteiger partial charge in [0, 0.05) is 93.9 Å². The number of unbranched alkanes of at least 4 members (excludes halogenated alkanes) is 3. The van der Waals surface area contributed by atoms with Gasteiger partial charge in [-0.1, -0.05) is 91.0 Å². The molecule has 24 nitrogen and oxygen atoms in total. The highest BCUT2D eigenvalue weighted by Crippen LogP contribution is 2.35. The van der Waals surface area contributed by atoms with E-state index in [1.807, 2.05) is 109 Å². The maximum absolute atomic E-state index is 13.7. The molecule has 0 bridgehead atoms. The Morgan fingerprint density at radius 3 is 0.849 bits per heavy atom. The number of amides is 9. The van der Waals surface area contributed by atoms with Crippen molar-refractivity contribution in [1.29, 1.82) is 0 Å². The number of H-pyrrole nitrogens is 3. The number of para-hydroxylation sites is 3. The van der Waals surface area contributed by atoms with Gasteiger partial charge in [0.15, 0.2) is 0 Å². The van der Waals surface area contributed by atoms with E-state index < -0.39 is 94.6 Å². The SMILES string of the molecule is CC(C)(C)OC(=O)N(CCCC[C@H](N)C(=O)Nc1ccc(C(c2ccc(NC(=O)[C@@H](N)CCCCN(C(=O)Cc3c[nH]c4ccccc34)C(=O)OC(C)(C)C)cc2)c2ccc(NC(=O)[C@@H](N)CCCCN(C(=O)Cc3c[nH]c4ccccc34)C(=O)OC(C)(C)C)cc2)cc1)C(=O)Cc1c[nH]c2ccccc12. The molecule has 0 saturated carbocycles. The minimum absolute atomic E-state index is 0.0219. The lowest BCUT2D eigenvalue weighted by Crippen LogP contribution is -2.42. The molecule has 3 heterocycles. The Morgan fingerprint density at radius 2 is 0.604 bits per heavy atom. The van der Waals surface area contributed by atoms with Gasteiger partial charge in [-0.25, -0.2) is 29.1 Å². The van der Waals surface area contributed by atoms with Crippen LogP contribution >= 0.6 is 0 Å². The van der Waals surface area contributed by atoms with E-state index >= 15 is 0 Å². The van der Waals surface area contributed by atoms with Gasteiger partial charge in [0.05, 0.1) is 37.4 Å². The largest absolute Gasteiger partial charge is 0.443 e. The smallest absolute Gasteiger partial charge is 0.417 e. The number of carbonyl (C=O) groups is 9. The number of fused-ring (bicyclic) bond motifs is 3. The van der Waals surface area contributed by atoms with Gasteiger partial charge >= 0.3 is 18.3 Å². The molecule has 9 amide bonds. The molecular formula is C82H100N12O12. The highest BCUT2D eigenvalue weighted by atomic mass is 16.6. The summed E-state index contributed by atoms with van der Waals surface area (Å²) >= 11 is 0. The van der Waals surface area contributed by atoms with Crippen LogP contribution in [0.3, 0.4) is 0 Å². The van der Waals surface area contributed by atoms with Gasteiger partial charge in [-0.2, -0.15) is 0 Å². The van der Waals surface area contributed by atoms with Crippen LogP contribution in [-0.2, 0) is 62.2 Å². The molecule has 0 aliphatic rings. The number of hydrogen-bond acceptors (Lipinski definition) is 15. The van der Waals surface area contributed by atoms with Crippen molar-refractivity contribution in [3.05, 3.63) is 198 Å². The molecule has 9 aromatic rings. The fraction of sp³-hybridized carbons (Fsp3) is 0.378. The van der Waals surface area contributed by atoms with E-state index in [2.05, 4.69) is 30.9 Å². The number of aromatic amines is 3. The first-order chi connectivity index (χ1) is 50.4. The maximum atomic E-state index is 13.7. The second-order valence-electron chi connectivity index (χ2n) is 29.8. The summed E-state index contributed by atoms with van der Waals surface area (Å²) in [4.78, 5) is 135. The summed E-state index contributed by atoms with van der Waals surface area (Å²) in [6.45, 7) is 15.8. The van der Waals surface area contributed by atoms with Crippen LogP contribution < -0.4 is 33.2 Å². The third-order valence-electron chi connectivity index (χ3n) is 17.8. The van der Waals surface area contributed by atoms with Gasteiger partial charge in [-0.05, 0) is 208 Å². The average molecular weight is 1450 g/mol. The number of carbonyl (C=O) groups excluding carboxylic acids is 9. The minimum atomic E-state index is -0.922. The lowest BCUT2D eigenvalue weighted by Gasteiger charge is -2.26. The number of nitrogens with one attached hydrogen (secondary N) is 6. The number of aromatic nitrogens is 3. The molecule has 3 atom stereocenters. The van der Waals surface area contributed by atoms with Crippen LogP contribution in [-0.4, -0.2) is 138 Å². The van der Waals surface area contributed by atoms with E-state index in [4.69, 9.17) is 31.4 Å². The fourth-order valence-electron chi connectivity index (χ4n) is 12.4. The third kappa shape index (κ3) is 22.5. The Bertz CT molecular complexity index is 4090. The Balaban J connectivity index is 0.831. The van der Waals surface area contributed by atoms with Crippen molar-refractivity contribution < 1.29 is 57.4 Å². The van der Waals surface area contributed by atoms with Gasteiger partial charge in [0.1, 0.15) is 16.8 Å². The van der Waals surface area contributed by atoms with Crippen LogP contribution in [0.2, 0.25) is 0 Å². The predicted octanol–water partition coefficient (Wildman–Crippen LogP) is 13.6. The zero-order valence-electron chi connectivity index (χ0n) is 62.0. The second kappa shape index (κ2) is 35.7. The van der Waals surface area contributed by atoms with Gasteiger partial charge in [-0.3, -0.25) is 28.8 Å². The van der Waals surface area contributed by atoms with Crippen LogP contribution in [0.1, 0.15) is 159 Å². The van der Waals surface area contributed by atoms with Crippen molar-refractivity contribution in [3.63, 3.8) is 0 Å². The number of anilines is 3.